The summed E-state index contributed by atoms with van der Waals surface area (Å²) >= 11 is -0.992. The van der Waals surface area contributed by atoms with E-state index in [4.69, 9.17) is 5.26 Å². The molecular weight excluding hydrogens is 396 g/mol. The van der Waals surface area contributed by atoms with Crippen molar-refractivity contribution in [3.8, 4) is 6.07 Å². The molecule has 2 aromatic heterocycles. The second-order valence-corrected chi connectivity index (χ2v) is 9.27. The molecule has 1 saturated heterocycles. The minimum atomic E-state index is -0.992. The monoisotopic (exact) mass is 420 g/mol. The third-order valence-electron chi connectivity index (χ3n) is 6.10. The fraction of sp³-hybridized carbons (Fsp3) is 0.364. The average Bonchev–Trinajstić information content (AvgIpc) is 3.48. The van der Waals surface area contributed by atoms with E-state index in [1.54, 1.807) is 6.26 Å². The maximum Gasteiger partial charge on any atom is 0.152 e. The highest BCUT2D eigenvalue weighted by atomic mass is 32.2. The molecule has 3 unspecified atom stereocenters. The Balaban J connectivity index is 1.52. The summed E-state index contributed by atoms with van der Waals surface area (Å²) in [6, 6.07) is 12.7. The summed E-state index contributed by atoms with van der Waals surface area (Å²) in [6.45, 7) is 2.75. The van der Waals surface area contributed by atoms with Crippen molar-refractivity contribution in [1.29, 1.82) is 5.26 Å². The van der Waals surface area contributed by atoms with Crippen molar-refractivity contribution >= 4 is 33.6 Å². The number of hydrogen-bond acceptors (Lipinski definition) is 6. The molecule has 0 aliphatic carbocycles. The third-order valence-corrected chi connectivity index (χ3v) is 7.03. The van der Waals surface area contributed by atoms with Crippen molar-refractivity contribution in [2.24, 2.45) is 0 Å². The zero-order valence-corrected chi connectivity index (χ0v) is 17.7. The van der Waals surface area contributed by atoms with E-state index in [-0.39, 0.29) is 6.17 Å². The molecular formula is C22H24N6OS. The molecule has 4 heterocycles. The Morgan fingerprint density at radius 3 is 2.90 bits per heavy atom. The molecule has 1 fully saturated rings. The molecule has 2 aliphatic heterocycles. The number of aromatic nitrogens is 2. The van der Waals surface area contributed by atoms with E-state index < -0.39 is 11.2 Å². The molecule has 1 aromatic carbocycles. The number of H-pyrrole nitrogens is 1. The van der Waals surface area contributed by atoms with Gasteiger partial charge in [-0.2, -0.15) is 5.26 Å². The van der Waals surface area contributed by atoms with E-state index in [1.165, 1.54) is 5.69 Å². The average molecular weight is 421 g/mol. The number of pyridine rings is 1. The minimum absolute atomic E-state index is 0.0115. The number of rotatable bonds is 5. The molecule has 0 bridgehead atoms. The largest absolute Gasteiger partial charge is 0.612 e. The van der Waals surface area contributed by atoms with Gasteiger partial charge in [0, 0.05) is 43.7 Å². The number of benzene rings is 1. The molecule has 0 radical (unpaired) electrons. The summed E-state index contributed by atoms with van der Waals surface area (Å²) in [4.78, 5) is 13.5. The van der Waals surface area contributed by atoms with Crippen LogP contribution >= 0.6 is 0 Å². The van der Waals surface area contributed by atoms with Crippen LogP contribution < -0.4 is 10.2 Å². The second-order valence-electron chi connectivity index (χ2n) is 7.89. The number of aromatic amines is 1. The van der Waals surface area contributed by atoms with Gasteiger partial charge in [-0.05, 0) is 41.4 Å². The van der Waals surface area contributed by atoms with Crippen molar-refractivity contribution in [1.82, 2.24) is 14.9 Å². The van der Waals surface area contributed by atoms with Crippen molar-refractivity contribution in [3.63, 3.8) is 0 Å². The van der Waals surface area contributed by atoms with Crippen LogP contribution in [0.2, 0.25) is 0 Å². The van der Waals surface area contributed by atoms with Crippen LogP contribution in [0.4, 0.5) is 11.4 Å². The van der Waals surface area contributed by atoms with Gasteiger partial charge in [-0.1, -0.05) is 12.1 Å². The van der Waals surface area contributed by atoms with Gasteiger partial charge in [-0.3, -0.25) is 0 Å². The topological polar surface area (TPSA) is 94.0 Å². The van der Waals surface area contributed by atoms with Gasteiger partial charge < -0.3 is 24.7 Å². The normalized spacial score (nSPS) is 22.1. The lowest BCUT2D eigenvalue weighted by atomic mass is 10.1. The Morgan fingerprint density at radius 2 is 2.13 bits per heavy atom. The van der Waals surface area contributed by atoms with Crippen LogP contribution in [0, 0.1) is 11.3 Å². The number of nitrogens with zero attached hydrogens (tertiary/aromatic N) is 4. The number of nitriles is 1. The van der Waals surface area contributed by atoms with Gasteiger partial charge in [0.15, 0.2) is 4.90 Å². The highest BCUT2D eigenvalue weighted by molar-refractivity contribution is 7.90. The van der Waals surface area contributed by atoms with Gasteiger partial charge in [0.1, 0.15) is 18.1 Å². The maximum atomic E-state index is 11.8. The predicted molar refractivity (Wildman–Crippen MR) is 119 cm³/mol. The quantitative estimate of drug-likeness (QED) is 0.616. The van der Waals surface area contributed by atoms with Gasteiger partial charge in [0.2, 0.25) is 0 Å². The zero-order chi connectivity index (χ0) is 20.7. The van der Waals surface area contributed by atoms with E-state index in [2.05, 4.69) is 49.4 Å². The highest BCUT2D eigenvalue weighted by Gasteiger charge is 2.39. The summed E-state index contributed by atoms with van der Waals surface area (Å²) in [5.74, 6) is 0. The number of fused-ring (bicyclic) bond motifs is 3. The van der Waals surface area contributed by atoms with Crippen LogP contribution in [0.3, 0.4) is 0 Å². The molecule has 3 atom stereocenters. The lowest BCUT2D eigenvalue weighted by Gasteiger charge is -2.33. The Kier molecular flexibility index (Phi) is 5.03. The minimum Gasteiger partial charge on any atom is -0.612 e. The molecule has 0 amide bonds. The van der Waals surface area contributed by atoms with E-state index in [1.807, 2.05) is 24.5 Å². The van der Waals surface area contributed by atoms with Crippen molar-refractivity contribution in [3.05, 3.63) is 48.3 Å². The standard InChI is InChI=1S/C22H24N6OS/c1-30(29)17-5-3-15(4-6-17)22-26-19-13-25-21-18(7-10-24-21)20(19)28(22)16-8-12-27(14-16)11-2-9-23/h3-7,10,13,16,22,26H,2,8,11-12,14H2,1H3,(H,24,25). The van der Waals surface area contributed by atoms with E-state index >= 15 is 0 Å². The van der Waals surface area contributed by atoms with E-state index in [0.717, 1.165) is 53.2 Å². The third kappa shape index (κ3) is 3.29. The molecule has 154 valence electrons. The van der Waals surface area contributed by atoms with E-state index in [9.17, 15) is 4.55 Å². The van der Waals surface area contributed by atoms with Gasteiger partial charge in [0.05, 0.1) is 23.6 Å². The molecule has 2 N–H and O–H groups in total. The molecule has 0 saturated carbocycles. The van der Waals surface area contributed by atoms with Gasteiger partial charge >= 0.3 is 0 Å². The first-order valence-electron chi connectivity index (χ1n) is 10.2. The SMILES string of the molecule is C[S+]([O-])c1ccc(C2Nc3cnc4[nH]ccc4c3N2C2CCN(CCC#N)C2)cc1. The molecule has 3 aromatic rings. The summed E-state index contributed by atoms with van der Waals surface area (Å²) < 4.78 is 11.8. The van der Waals surface area contributed by atoms with Gasteiger partial charge in [0.25, 0.3) is 0 Å². The first-order chi connectivity index (χ1) is 14.7. The zero-order valence-electron chi connectivity index (χ0n) is 16.8. The second kappa shape index (κ2) is 7.84. The highest BCUT2D eigenvalue weighted by Crippen LogP contribution is 2.47. The van der Waals surface area contributed by atoms with Crippen molar-refractivity contribution < 1.29 is 4.55 Å². The van der Waals surface area contributed by atoms with Crippen LogP contribution in [0.5, 0.6) is 0 Å². The predicted octanol–water partition coefficient (Wildman–Crippen LogP) is 3.22. The van der Waals surface area contributed by atoms with E-state index in [0.29, 0.717) is 12.5 Å². The molecule has 8 heteroatoms. The maximum absolute atomic E-state index is 11.8. The first-order valence-corrected chi connectivity index (χ1v) is 11.7. The van der Waals surface area contributed by atoms with Crippen LogP contribution in [-0.2, 0) is 11.2 Å². The Hall–Kier alpha value is -2.73. The molecule has 7 nitrogen and oxygen atoms in total. The Bertz CT molecular complexity index is 1090. The van der Waals surface area contributed by atoms with Crippen LogP contribution in [0.25, 0.3) is 11.0 Å². The lowest BCUT2D eigenvalue weighted by molar-refractivity contribution is 0.339. The molecule has 0 spiro atoms. The van der Waals surface area contributed by atoms with Gasteiger partial charge in [-0.15, -0.1) is 0 Å². The number of hydrogen-bond donors (Lipinski definition) is 2. The van der Waals surface area contributed by atoms with Crippen LogP contribution in [0.1, 0.15) is 24.6 Å². The fourth-order valence-corrected chi connectivity index (χ4v) is 5.17. The smallest absolute Gasteiger partial charge is 0.152 e. The van der Waals surface area contributed by atoms with Crippen molar-refractivity contribution in [2.45, 2.75) is 29.9 Å². The summed E-state index contributed by atoms with van der Waals surface area (Å²) in [5.41, 5.74) is 4.24. The first kappa shape index (κ1) is 19.2. The Labute approximate surface area is 178 Å². The van der Waals surface area contributed by atoms with Crippen LogP contribution in [-0.4, -0.2) is 51.4 Å². The molecule has 2 aliphatic rings. The number of likely N-dealkylation sites (tertiary alicyclic amines) is 1. The fourth-order valence-electron chi connectivity index (χ4n) is 4.65. The summed E-state index contributed by atoms with van der Waals surface area (Å²) in [5, 5.41) is 13.7. The van der Waals surface area contributed by atoms with Gasteiger partial charge in [-0.25, -0.2) is 4.98 Å². The number of nitrogens with one attached hydrogen (secondary N) is 2. The molecule has 5 rings (SSSR count). The summed E-state index contributed by atoms with van der Waals surface area (Å²) in [7, 11) is 0. The Morgan fingerprint density at radius 1 is 1.30 bits per heavy atom. The lowest BCUT2D eigenvalue weighted by Crippen LogP contribution is -2.40. The number of anilines is 2. The molecule has 30 heavy (non-hydrogen) atoms. The van der Waals surface area contributed by atoms with Crippen molar-refractivity contribution in [2.75, 3.05) is 36.1 Å². The summed E-state index contributed by atoms with van der Waals surface area (Å²) in [6.07, 6.45) is 7.14. The van der Waals surface area contributed by atoms with Crippen LogP contribution in [0.15, 0.2) is 47.6 Å².